The van der Waals surface area contributed by atoms with Gasteiger partial charge in [-0.25, -0.2) is 0 Å². The number of hydrogen-bond donors (Lipinski definition) is 5. The van der Waals surface area contributed by atoms with E-state index in [0.717, 1.165) is 0 Å². The van der Waals surface area contributed by atoms with Crippen molar-refractivity contribution < 1.29 is 30.0 Å². The first kappa shape index (κ1) is 14.3. The Labute approximate surface area is 99.0 Å². The Kier molecular flexibility index (Phi) is 4.84. The second-order valence-corrected chi connectivity index (χ2v) is 4.36. The van der Waals surface area contributed by atoms with Gasteiger partial charge < -0.3 is 30.5 Å². The highest BCUT2D eigenvalue weighted by molar-refractivity contribution is 5.76. The third-order valence-corrected chi connectivity index (χ3v) is 2.67. The summed E-state index contributed by atoms with van der Waals surface area (Å²) in [7, 11) is 0. The summed E-state index contributed by atoms with van der Waals surface area (Å²) < 4.78 is 4.96. The summed E-state index contributed by atoms with van der Waals surface area (Å²) in [5.41, 5.74) is 0. The van der Waals surface area contributed by atoms with E-state index in [0.29, 0.717) is 0 Å². The normalized spacial score (nSPS) is 39.8. The van der Waals surface area contributed by atoms with Crippen molar-refractivity contribution in [2.45, 2.75) is 57.0 Å². The van der Waals surface area contributed by atoms with Crippen LogP contribution in [-0.2, 0) is 9.53 Å². The van der Waals surface area contributed by atoms with Crippen molar-refractivity contribution in [3.63, 3.8) is 0 Å². The van der Waals surface area contributed by atoms with Crippen LogP contribution < -0.4 is 5.32 Å². The van der Waals surface area contributed by atoms with Crippen molar-refractivity contribution in [2.24, 2.45) is 0 Å². The van der Waals surface area contributed by atoms with Gasteiger partial charge in [-0.3, -0.25) is 4.79 Å². The van der Waals surface area contributed by atoms with Crippen molar-refractivity contribution in [1.82, 2.24) is 5.32 Å². The summed E-state index contributed by atoms with van der Waals surface area (Å²) in [4.78, 5) is 11.4. The third-order valence-electron chi connectivity index (χ3n) is 2.67. The smallest absolute Gasteiger partial charge is 0.223 e. The summed E-state index contributed by atoms with van der Waals surface area (Å²) in [5.74, 6) is -0.534. The topological polar surface area (TPSA) is 119 Å². The quantitative estimate of drug-likeness (QED) is 0.384. The Hall–Kier alpha value is -0.730. The molecule has 0 spiro atoms. The molecule has 0 aromatic rings. The summed E-state index contributed by atoms with van der Waals surface area (Å²) >= 11 is 0. The van der Waals surface area contributed by atoms with Crippen LogP contribution in [-0.4, -0.2) is 63.1 Å². The summed E-state index contributed by atoms with van der Waals surface area (Å²) in [6.45, 7) is 2.95. The minimum atomic E-state index is -1.39. The van der Waals surface area contributed by atoms with Gasteiger partial charge in [-0.15, -0.1) is 0 Å². The molecule has 5 N–H and O–H groups in total. The molecule has 6 unspecified atom stereocenters. The number of aliphatic hydroxyl groups is 4. The van der Waals surface area contributed by atoms with Crippen molar-refractivity contribution in [3.8, 4) is 0 Å². The Morgan fingerprint density at radius 3 is 2.47 bits per heavy atom. The maximum Gasteiger partial charge on any atom is 0.223 e. The van der Waals surface area contributed by atoms with Gasteiger partial charge in [0.1, 0.15) is 18.2 Å². The van der Waals surface area contributed by atoms with E-state index in [-0.39, 0.29) is 6.42 Å². The predicted molar refractivity (Wildman–Crippen MR) is 56.8 cm³/mol. The highest BCUT2D eigenvalue weighted by Gasteiger charge is 2.42. The molecule has 1 amide bonds. The van der Waals surface area contributed by atoms with Gasteiger partial charge in [0, 0.05) is 0 Å². The van der Waals surface area contributed by atoms with Crippen LogP contribution in [0.5, 0.6) is 0 Å². The molecule has 1 heterocycles. The molecule has 0 aromatic carbocycles. The molecule has 0 bridgehead atoms. The second-order valence-electron chi connectivity index (χ2n) is 4.36. The Bertz CT molecular complexity index is 272. The van der Waals surface area contributed by atoms with Gasteiger partial charge in [0.2, 0.25) is 5.91 Å². The van der Waals surface area contributed by atoms with Crippen molar-refractivity contribution >= 4 is 5.91 Å². The van der Waals surface area contributed by atoms with Gasteiger partial charge >= 0.3 is 0 Å². The first-order valence-corrected chi connectivity index (χ1v) is 5.50. The van der Waals surface area contributed by atoms with E-state index in [4.69, 9.17) is 9.84 Å². The average Bonchev–Trinajstić information content (AvgIpc) is 2.20. The summed E-state index contributed by atoms with van der Waals surface area (Å²) in [5, 5.41) is 40.1. The van der Waals surface area contributed by atoms with Gasteiger partial charge in [0.25, 0.3) is 0 Å². The van der Waals surface area contributed by atoms with Crippen LogP contribution in [0.3, 0.4) is 0 Å². The molecule has 6 atom stereocenters. The summed E-state index contributed by atoms with van der Waals surface area (Å²) in [6.07, 6.45) is -5.58. The molecule has 0 aliphatic carbocycles. The molecular formula is C10H19NO6. The highest BCUT2D eigenvalue weighted by Crippen LogP contribution is 2.19. The molecule has 0 aromatic heterocycles. The molecule has 7 nitrogen and oxygen atoms in total. The van der Waals surface area contributed by atoms with Gasteiger partial charge in [0.15, 0.2) is 6.29 Å². The lowest BCUT2D eigenvalue weighted by Crippen LogP contribution is -2.63. The van der Waals surface area contributed by atoms with Crippen LogP contribution in [0.25, 0.3) is 0 Å². The minimum Gasteiger partial charge on any atom is -0.393 e. The maximum atomic E-state index is 11.4. The van der Waals surface area contributed by atoms with Crippen LogP contribution in [0.1, 0.15) is 20.3 Å². The second kappa shape index (κ2) is 5.74. The van der Waals surface area contributed by atoms with Crippen LogP contribution in [0.2, 0.25) is 0 Å². The van der Waals surface area contributed by atoms with Crippen molar-refractivity contribution in [2.75, 3.05) is 0 Å². The van der Waals surface area contributed by atoms with Crippen molar-refractivity contribution in [3.05, 3.63) is 0 Å². The fraction of sp³-hybridized carbons (Fsp3) is 0.900. The monoisotopic (exact) mass is 249 g/mol. The molecule has 7 heteroatoms. The lowest BCUT2D eigenvalue weighted by molar-refractivity contribution is -0.242. The SMILES string of the molecule is CC(O)CC(=O)NC1C(O)OC(C)C(O)C1O. The molecule has 1 aliphatic rings. The molecule has 0 saturated carbocycles. The first-order chi connectivity index (χ1) is 7.82. The fourth-order valence-corrected chi connectivity index (χ4v) is 1.71. The molecular weight excluding hydrogens is 230 g/mol. The standard InChI is InChI=1S/C10H19NO6/c1-4(12)3-6(13)11-7-9(15)8(14)5(2)17-10(7)16/h4-5,7-10,12,14-16H,3H2,1-2H3,(H,11,13). The van der Waals surface area contributed by atoms with Crippen molar-refractivity contribution in [1.29, 1.82) is 0 Å². The fourth-order valence-electron chi connectivity index (χ4n) is 1.71. The number of aliphatic hydroxyl groups excluding tert-OH is 4. The largest absolute Gasteiger partial charge is 0.393 e. The minimum absolute atomic E-state index is 0.151. The van der Waals surface area contributed by atoms with Crippen LogP contribution in [0.15, 0.2) is 0 Å². The Morgan fingerprint density at radius 1 is 1.35 bits per heavy atom. The number of carbonyl (C=O) groups excluding carboxylic acids is 1. The lowest BCUT2D eigenvalue weighted by Gasteiger charge is -2.39. The number of carbonyl (C=O) groups is 1. The number of ether oxygens (including phenoxy) is 1. The van der Waals surface area contributed by atoms with E-state index >= 15 is 0 Å². The summed E-state index contributed by atoms with van der Waals surface area (Å²) in [6, 6.07) is -1.10. The zero-order valence-electron chi connectivity index (χ0n) is 9.78. The Morgan fingerprint density at radius 2 is 1.94 bits per heavy atom. The van der Waals surface area contributed by atoms with E-state index < -0.39 is 42.7 Å². The van der Waals surface area contributed by atoms with E-state index in [1.54, 1.807) is 0 Å². The van der Waals surface area contributed by atoms with E-state index in [1.807, 2.05) is 0 Å². The zero-order valence-corrected chi connectivity index (χ0v) is 9.78. The van der Waals surface area contributed by atoms with Gasteiger partial charge in [-0.05, 0) is 13.8 Å². The average molecular weight is 249 g/mol. The van der Waals surface area contributed by atoms with Crippen LogP contribution in [0.4, 0.5) is 0 Å². The maximum absolute atomic E-state index is 11.4. The molecule has 17 heavy (non-hydrogen) atoms. The molecule has 1 saturated heterocycles. The molecule has 1 rings (SSSR count). The van der Waals surface area contributed by atoms with E-state index in [2.05, 4.69) is 5.32 Å². The number of amides is 1. The van der Waals surface area contributed by atoms with Gasteiger partial charge in [0.05, 0.1) is 18.6 Å². The predicted octanol–water partition coefficient (Wildman–Crippen LogP) is -2.30. The zero-order chi connectivity index (χ0) is 13.2. The lowest BCUT2D eigenvalue weighted by atomic mass is 9.97. The van der Waals surface area contributed by atoms with E-state index in [9.17, 15) is 20.1 Å². The number of hydrogen-bond acceptors (Lipinski definition) is 6. The van der Waals surface area contributed by atoms with Gasteiger partial charge in [-0.2, -0.15) is 0 Å². The van der Waals surface area contributed by atoms with Gasteiger partial charge in [-0.1, -0.05) is 0 Å². The van der Waals surface area contributed by atoms with E-state index in [1.165, 1.54) is 13.8 Å². The molecule has 1 aliphatic heterocycles. The molecule has 100 valence electrons. The highest BCUT2D eigenvalue weighted by atomic mass is 16.6. The number of rotatable bonds is 3. The van der Waals surface area contributed by atoms with Crippen LogP contribution in [0, 0.1) is 0 Å². The first-order valence-electron chi connectivity index (χ1n) is 5.50. The third kappa shape index (κ3) is 3.62. The van der Waals surface area contributed by atoms with Crippen LogP contribution >= 0.6 is 0 Å². The molecule has 1 fully saturated rings. The number of nitrogens with one attached hydrogen (secondary N) is 1. The molecule has 0 radical (unpaired) electrons. The Balaban J connectivity index is 2.59.